The normalized spacial score (nSPS) is 18.4. The quantitative estimate of drug-likeness (QED) is 0.830. The Morgan fingerprint density at radius 1 is 1.33 bits per heavy atom. The highest BCUT2D eigenvalue weighted by Gasteiger charge is 2.26. The van der Waals surface area contributed by atoms with E-state index in [0.29, 0.717) is 18.9 Å². The van der Waals surface area contributed by atoms with Crippen LogP contribution >= 0.6 is 0 Å². The van der Waals surface area contributed by atoms with Crippen LogP contribution in [0.1, 0.15) is 32.6 Å². The number of hydrogen-bond donors (Lipinski definition) is 2. The molecule has 6 nitrogen and oxygen atoms in total. The predicted molar refractivity (Wildman–Crippen MR) is 81.6 cm³/mol. The minimum atomic E-state index is -3.42. The standard InChI is InChI=1S/C14H23N3O3S/c1-2-12(11-18)16-14-7-6-13(10-15-14)21(19,20)17-8-4-3-5-9-17/h6-7,10,12,18H,2-5,8-9,11H2,1H3,(H,15,16)/t12-/m0/s1. The van der Waals surface area contributed by atoms with E-state index >= 15 is 0 Å². The molecule has 118 valence electrons. The summed E-state index contributed by atoms with van der Waals surface area (Å²) in [7, 11) is -3.42. The summed E-state index contributed by atoms with van der Waals surface area (Å²) in [6.07, 6.45) is 5.08. The lowest BCUT2D eigenvalue weighted by Crippen LogP contribution is -2.35. The second-order valence-electron chi connectivity index (χ2n) is 5.28. The van der Waals surface area contributed by atoms with Crippen molar-refractivity contribution in [2.75, 3.05) is 25.0 Å². The van der Waals surface area contributed by atoms with Crippen molar-refractivity contribution < 1.29 is 13.5 Å². The van der Waals surface area contributed by atoms with E-state index in [1.807, 2.05) is 6.92 Å². The molecular weight excluding hydrogens is 290 g/mol. The largest absolute Gasteiger partial charge is 0.394 e. The molecule has 0 radical (unpaired) electrons. The topological polar surface area (TPSA) is 82.5 Å². The number of anilines is 1. The molecule has 0 saturated carbocycles. The molecule has 1 fully saturated rings. The lowest BCUT2D eigenvalue weighted by molar-refractivity contribution is 0.271. The van der Waals surface area contributed by atoms with Gasteiger partial charge in [0.25, 0.3) is 0 Å². The van der Waals surface area contributed by atoms with Gasteiger partial charge in [-0.1, -0.05) is 13.3 Å². The van der Waals surface area contributed by atoms with Crippen LogP contribution in [0, 0.1) is 0 Å². The summed E-state index contributed by atoms with van der Waals surface area (Å²) >= 11 is 0. The number of rotatable bonds is 6. The van der Waals surface area contributed by atoms with Crippen LogP contribution in [-0.4, -0.2) is 48.6 Å². The van der Waals surface area contributed by atoms with Gasteiger partial charge in [0.2, 0.25) is 10.0 Å². The third-order valence-electron chi connectivity index (χ3n) is 3.75. The first kappa shape index (κ1) is 16.2. The van der Waals surface area contributed by atoms with E-state index < -0.39 is 10.0 Å². The summed E-state index contributed by atoms with van der Waals surface area (Å²) in [5, 5.41) is 12.2. The lowest BCUT2D eigenvalue weighted by atomic mass is 10.2. The van der Waals surface area contributed by atoms with Crippen molar-refractivity contribution in [1.82, 2.24) is 9.29 Å². The van der Waals surface area contributed by atoms with E-state index in [1.54, 1.807) is 12.1 Å². The number of sulfonamides is 1. The molecular formula is C14H23N3O3S. The van der Waals surface area contributed by atoms with Crippen molar-refractivity contribution in [2.24, 2.45) is 0 Å². The molecule has 2 rings (SSSR count). The maximum absolute atomic E-state index is 12.5. The molecule has 0 amide bonds. The SMILES string of the molecule is CC[C@@H](CO)Nc1ccc(S(=O)(=O)N2CCCCC2)cn1. The summed E-state index contributed by atoms with van der Waals surface area (Å²) < 4.78 is 26.4. The number of hydrogen-bond acceptors (Lipinski definition) is 5. The third-order valence-corrected chi connectivity index (χ3v) is 5.64. The Morgan fingerprint density at radius 2 is 2.05 bits per heavy atom. The average Bonchev–Trinajstić information content (AvgIpc) is 2.54. The molecule has 1 aromatic rings. The fraction of sp³-hybridized carbons (Fsp3) is 0.643. The van der Waals surface area contributed by atoms with Gasteiger partial charge in [-0.2, -0.15) is 4.31 Å². The maximum atomic E-state index is 12.5. The minimum absolute atomic E-state index is 0.0198. The zero-order chi connectivity index (χ0) is 15.3. The molecule has 1 atom stereocenters. The van der Waals surface area contributed by atoms with Gasteiger partial charge in [0, 0.05) is 19.3 Å². The van der Waals surface area contributed by atoms with Crippen LogP contribution in [-0.2, 0) is 10.0 Å². The first-order valence-corrected chi connectivity index (χ1v) is 8.85. The van der Waals surface area contributed by atoms with E-state index in [2.05, 4.69) is 10.3 Å². The number of aliphatic hydroxyl groups excluding tert-OH is 1. The van der Waals surface area contributed by atoms with E-state index in [0.717, 1.165) is 25.7 Å². The molecule has 0 spiro atoms. The number of aromatic nitrogens is 1. The van der Waals surface area contributed by atoms with Crippen LogP contribution in [0.25, 0.3) is 0 Å². The van der Waals surface area contributed by atoms with Crippen molar-refractivity contribution >= 4 is 15.8 Å². The van der Waals surface area contributed by atoms with Gasteiger partial charge < -0.3 is 10.4 Å². The molecule has 0 bridgehead atoms. The van der Waals surface area contributed by atoms with Crippen LogP contribution < -0.4 is 5.32 Å². The van der Waals surface area contributed by atoms with Crippen LogP contribution in [0.15, 0.2) is 23.2 Å². The Morgan fingerprint density at radius 3 is 2.57 bits per heavy atom. The molecule has 1 aliphatic rings. The molecule has 2 N–H and O–H groups in total. The van der Waals surface area contributed by atoms with Crippen LogP contribution in [0.2, 0.25) is 0 Å². The zero-order valence-electron chi connectivity index (χ0n) is 12.3. The number of aliphatic hydroxyl groups is 1. The minimum Gasteiger partial charge on any atom is -0.394 e. The molecule has 0 unspecified atom stereocenters. The van der Waals surface area contributed by atoms with Crippen molar-refractivity contribution in [3.8, 4) is 0 Å². The lowest BCUT2D eigenvalue weighted by Gasteiger charge is -2.25. The van der Waals surface area contributed by atoms with Gasteiger partial charge in [-0.05, 0) is 31.4 Å². The van der Waals surface area contributed by atoms with E-state index in [9.17, 15) is 8.42 Å². The van der Waals surface area contributed by atoms with Crippen LogP contribution in [0.4, 0.5) is 5.82 Å². The Kier molecular flexibility index (Phi) is 5.55. The van der Waals surface area contributed by atoms with Crippen LogP contribution in [0.3, 0.4) is 0 Å². The van der Waals surface area contributed by atoms with Gasteiger partial charge in [0.05, 0.1) is 12.6 Å². The van der Waals surface area contributed by atoms with Gasteiger partial charge >= 0.3 is 0 Å². The van der Waals surface area contributed by atoms with Gasteiger partial charge in [-0.25, -0.2) is 13.4 Å². The summed E-state index contributed by atoms with van der Waals surface area (Å²) in [6, 6.07) is 3.15. The third kappa shape index (κ3) is 3.93. The molecule has 0 aromatic carbocycles. The first-order chi connectivity index (χ1) is 10.1. The first-order valence-electron chi connectivity index (χ1n) is 7.41. The highest BCUT2D eigenvalue weighted by molar-refractivity contribution is 7.89. The molecule has 1 saturated heterocycles. The molecule has 0 aliphatic carbocycles. The molecule has 2 heterocycles. The highest BCUT2D eigenvalue weighted by atomic mass is 32.2. The monoisotopic (exact) mass is 313 g/mol. The number of nitrogens with zero attached hydrogens (tertiary/aromatic N) is 2. The zero-order valence-corrected chi connectivity index (χ0v) is 13.1. The Labute approximate surface area is 126 Å². The maximum Gasteiger partial charge on any atom is 0.244 e. The number of piperidine rings is 1. The molecule has 1 aliphatic heterocycles. The Balaban J connectivity index is 2.10. The second kappa shape index (κ2) is 7.20. The van der Waals surface area contributed by atoms with E-state index in [1.165, 1.54) is 10.5 Å². The van der Waals surface area contributed by atoms with E-state index in [4.69, 9.17) is 5.11 Å². The van der Waals surface area contributed by atoms with Crippen molar-refractivity contribution in [1.29, 1.82) is 0 Å². The smallest absolute Gasteiger partial charge is 0.244 e. The molecule has 7 heteroatoms. The summed E-state index contributed by atoms with van der Waals surface area (Å²) in [4.78, 5) is 4.38. The number of pyridine rings is 1. The fourth-order valence-electron chi connectivity index (χ4n) is 2.36. The number of nitrogens with one attached hydrogen (secondary N) is 1. The van der Waals surface area contributed by atoms with Gasteiger partial charge in [0.15, 0.2) is 0 Å². The summed E-state index contributed by atoms with van der Waals surface area (Å²) in [5.74, 6) is 0.577. The Hall–Kier alpha value is -1.18. The molecule has 21 heavy (non-hydrogen) atoms. The fourth-order valence-corrected chi connectivity index (χ4v) is 3.82. The van der Waals surface area contributed by atoms with Crippen molar-refractivity contribution in [3.63, 3.8) is 0 Å². The highest BCUT2D eigenvalue weighted by Crippen LogP contribution is 2.20. The molecule has 1 aromatic heterocycles. The van der Waals surface area contributed by atoms with E-state index in [-0.39, 0.29) is 17.5 Å². The van der Waals surface area contributed by atoms with Gasteiger partial charge in [0.1, 0.15) is 10.7 Å². The summed E-state index contributed by atoms with van der Waals surface area (Å²) in [5.41, 5.74) is 0. The average molecular weight is 313 g/mol. The Bertz CT molecular complexity index is 535. The predicted octanol–water partition coefficient (Wildman–Crippen LogP) is 1.44. The van der Waals surface area contributed by atoms with Crippen molar-refractivity contribution in [3.05, 3.63) is 18.3 Å². The van der Waals surface area contributed by atoms with Gasteiger partial charge in [-0.3, -0.25) is 0 Å². The second-order valence-corrected chi connectivity index (χ2v) is 7.21. The van der Waals surface area contributed by atoms with Crippen LogP contribution in [0.5, 0.6) is 0 Å². The van der Waals surface area contributed by atoms with Gasteiger partial charge in [-0.15, -0.1) is 0 Å². The summed E-state index contributed by atoms with van der Waals surface area (Å²) in [6.45, 7) is 3.16. The van der Waals surface area contributed by atoms with Crippen molar-refractivity contribution in [2.45, 2.75) is 43.5 Å².